The van der Waals surface area contributed by atoms with Gasteiger partial charge in [0.1, 0.15) is 5.75 Å². The molecule has 1 aromatic rings. The molecular weight excluding hydrogens is 236 g/mol. The zero-order valence-corrected chi connectivity index (χ0v) is 11.1. The van der Waals surface area contributed by atoms with Crippen LogP contribution in [0.2, 0.25) is 5.02 Å². The maximum atomic E-state index is 6.11. The molecule has 0 aromatic heterocycles. The van der Waals surface area contributed by atoms with Crippen molar-refractivity contribution in [2.45, 2.75) is 18.9 Å². The summed E-state index contributed by atoms with van der Waals surface area (Å²) >= 11 is 6.11. The SMILES string of the molecule is COc1ccc(N(C)CC2CC(N)C2)cc1Cl. The number of halogens is 1. The van der Waals surface area contributed by atoms with Crippen molar-refractivity contribution >= 4 is 17.3 Å². The molecule has 1 fully saturated rings. The van der Waals surface area contributed by atoms with Crippen molar-refractivity contribution in [3.8, 4) is 5.75 Å². The third-order valence-electron chi connectivity index (χ3n) is 3.38. The molecule has 0 unspecified atom stereocenters. The van der Waals surface area contributed by atoms with Gasteiger partial charge in [-0.05, 0) is 37.0 Å². The molecule has 0 radical (unpaired) electrons. The van der Waals surface area contributed by atoms with E-state index in [1.807, 2.05) is 18.2 Å². The van der Waals surface area contributed by atoms with E-state index >= 15 is 0 Å². The lowest BCUT2D eigenvalue weighted by Gasteiger charge is -2.36. The first-order valence-electron chi connectivity index (χ1n) is 5.90. The monoisotopic (exact) mass is 254 g/mol. The van der Waals surface area contributed by atoms with E-state index in [-0.39, 0.29) is 0 Å². The molecule has 0 spiro atoms. The lowest BCUT2D eigenvalue weighted by molar-refractivity contribution is 0.271. The quantitative estimate of drug-likeness (QED) is 0.897. The van der Waals surface area contributed by atoms with Gasteiger partial charge in [0.05, 0.1) is 12.1 Å². The number of hydrogen-bond donors (Lipinski definition) is 1. The number of methoxy groups -OCH3 is 1. The second-order valence-corrected chi connectivity index (χ2v) is 5.20. The molecule has 2 rings (SSSR count). The van der Waals surface area contributed by atoms with Gasteiger partial charge in [-0.15, -0.1) is 0 Å². The van der Waals surface area contributed by atoms with Crippen LogP contribution in [0.5, 0.6) is 5.75 Å². The second-order valence-electron chi connectivity index (χ2n) is 4.80. The normalized spacial score (nSPS) is 23.1. The van der Waals surface area contributed by atoms with E-state index in [0.29, 0.717) is 11.1 Å². The maximum Gasteiger partial charge on any atom is 0.137 e. The van der Waals surface area contributed by atoms with Crippen molar-refractivity contribution in [2.24, 2.45) is 11.7 Å². The fourth-order valence-electron chi connectivity index (χ4n) is 2.32. The van der Waals surface area contributed by atoms with Crippen LogP contribution >= 0.6 is 11.6 Å². The van der Waals surface area contributed by atoms with Crippen LogP contribution in [0.3, 0.4) is 0 Å². The molecule has 0 heterocycles. The summed E-state index contributed by atoms with van der Waals surface area (Å²) in [7, 11) is 3.71. The van der Waals surface area contributed by atoms with E-state index in [1.54, 1.807) is 7.11 Å². The fraction of sp³-hybridized carbons (Fsp3) is 0.538. The molecule has 94 valence electrons. The highest BCUT2D eigenvalue weighted by Gasteiger charge is 2.26. The maximum absolute atomic E-state index is 6.11. The summed E-state index contributed by atoms with van der Waals surface area (Å²) in [6.45, 7) is 1.04. The zero-order valence-electron chi connectivity index (χ0n) is 10.3. The molecule has 2 N–H and O–H groups in total. The van der Waals surface area contributed by atoms with Crippen molar-refractivity contribution in [3.63, 3.8) is 0 Å². The number of benzene rings is 1. The van der Waals surface area contributed by atoms with Crippen LogP contribution in [0, 0.1) is 5.92 Å². The van der Waals surface area contributed by atoms with Crippen molar-refractivity contribution in [3.05, 3.63) is 23.2 Å². The Labute approximate surface area is 107 Å². The van der Waals surface area contributed by atoms with Gasteiger partial charge in [-0.3, -0.25) is 0 Å². The van der Waals surface area contributed by atoms with E-state index < -0.39 is 0 Å². The number of nitrogens with two attached hydrogens (primary N) is 1. The molecule has 1 aromatic carbocycles. The summed E-state index contributed by atoms with van der Waals surface area (Å²) in [5.41, 5.74) is 6.91. The van der Waals surface area contributed by atoms with Gasteiger partial charge < -0.3 is 15.4 Å². The van der Waals surface area contributed by atoms with Crippen molar-refractivity contribution in [1.82, 2.24) is 0 Å². The van der Waals surface area contributed by atoms with Gasteiger partial charge in [0, 0.05) is 25.3 Å². The zero-order chi connectivity index (χ0) is 12.4. The Morgan fingerprint density at radius 1 is 1.47 bits per heavy atom. The van der Waals surface area contributed by atoms with E-state index in [0.717, 1.165) is 36.7 Å². The molecule has 17 heavy (non-hydrogen) atoms. The molecule has 3 nitrogen and oxygen atoms in total. The number of nitrogens with zero attached hydrogens (tertiary/aromatic N) is 1. The Bertz CT molecular complexity index is 391. The van der Waals surface area contributed by atoms with E-state index in [4.69, 9.17) is 22.1 Å². The van der Waals surface area contributed by atoms with E-state index in [9.17, 15) is 0 Å². The summed E-state index contributed by atoms with van der Waals surface area (Å²) in [6, 6.07) is 6.29. The highest BCUT2D eigenvalue weighted by Crippen LogP contribution is 2.31. The Morgan fingerprint density at radius 3 is 2.71 bits per heavy atom. The third-order valence-corrected chi connectivity index (χ3v) is 3.68. The standard InChI is InChI=1S/C13H19ClN2O/c1-16(8-9-5-10(15)6-9)11-3-4-13(17-2)12(14)7-11/h3-4,7,9-10H,5-6,8,15H2,1-2H3. The number of hydrogen-bond acceptors (Lipinski definition) is 3. The minimum atomic E-state index is 0.410. The molecule has 0 bridgehead atoms. The Morgan fingerprint density at radius 2 is 2.18 bits per heavy atom. The number of rotatable bonds is 4. The molecular formula is C13H19ClN2O. The second kappa shape index (κ2) is 5.15. The summed E-state index contributed by atoms with van der Waals surface area (Å²) in [5.74, 6) is 1.44. The molecule has 0 saturated heterocycles. The highest BCUT2D eigenvalue weighted by atomic mass is 35.5. The van der Waals surface area contributed by atoms with Crippen LogP contribution in [-0.4, -0.2) is 26.7 Å². The molecule has 0 amide bonds. The average molecular weight is 255 g/mol. The lowest BCUT2D eigenvalue weighted by Crippen LogP contribution is -2.41. The van der Waals surface area contributed by atoms with Crippen molar-refractivity contribution < 1.29 is 4.74 Å². The van der Waals surface area contributed by atoms with Gasteiger partial charge in [0.25, 0.3) is 0 Å². The van der Waals surface area contributed by atoms with E-state index in [2.05, 4.69) is 11.9 Å². The predicted molar refractivity (Wildman–Crippen MR) is 72.0 cm³/mol. The Balaban J connectivity index is 1.99. The Hall–Kier alpha value is -0.930. The predicted octanol–water partition coefficient (Wildman–Crippen LogP) is 2.52. The molecule has 1 saturated carbocycles. The summed E-state index contributed by atoms with van der Waals surface area (Å²) in [6.07, 6.45) is 2.27. The average Bonchev–Trinajstić information content (AvgIpc) is 2.26. The van der Waals surface area contributed by atoms with Crippen LogP contribution in [0.4, 0.5) is 5.69 Å². The Kier molecular flexibility index (Phi) is 3.79. The third kappa shape index (κ3) is 2.85. The summed E-state index contributed by atoms with van der Waals surface area (Å²) in [4.78, 5) is 2.22. The topological polar surface area (TPSA) is 38.5 Å². The molecule has 1 aliphatic carbocycles. The van der Waals surface area contributed by atoms with Crippen molar-refractivity contribution in [2.75, 3.05) is 25.6 Å². The molecule has 4 heteroatoms. The molecule has 0 aliphatic heterocycles. The van der Waals surface area contributed by atoms with Crippen LogP contribution in [0.25, 0.3) is 0 Å². The first kappa shape index (κ1) is 12.5. The highest BCUT2D eigenvalue weighted by molar-refractivity contribution is 6.32. The van der Waals surface area contributed by atoms with Gasteiger partial charge in [-0.2, -0.15) is 0 Å². The first-order chi connectivity index (χ1) is 8.10. The van der Waals surface area contributed by atoms with Gasteiger partial charge in [0.15, 0.2) is 0 Å². The minimum Gasteiger partial charge on any atom is -0.495 e. The van der Waals surface area contributed by atoms with Crippen molar-refractivity contribution in [1.29, 1.82) is 0 Å². The van der Waals surface area contributed by atoms with Crippen LogP contribution in [-0.2, 0) is 0 Å². The summed E-state index contributed by atoms with van der Waals surface area (Å²) in [5, 5.41) is 0.655. The van der Waals surface area contributed by atoms with Gasteiger partial charge in [-0.1, -0.05) is 11.6 Å². The fourth-order valence-corrected chi connectivity index (χ4v) is 2.57. The molecule has 0 atom stereocenters. The van der Waals surface area contributed by atoms with Gasteiger partial charge >= 0.3 is 0 Å². The first-order valence-corrected chi connectivity index (χ1v) is 6.28. The van der Waals surface area contributed by atoms with Gasteiger partial charge in [-0.25, -0.2) is 0 Å². The number of anilines is 1. The number of ether oxygens (including phenoxy) is 1. The van der Waals surface area contributed by atoms with Crippen LogP contribution < -0.4 is 15.4 Å². The smallest absolute Gasteiger partial charge is 0.137 e. The largest absolute Gasteiger partial charge is 0.495 e. The van der Waals surface area contributed by atoms with E-state index in [1.165, 1.54) is 0 Å². The lowest BCUT2D eigenvalue weighted by atomic mass is 9.80. The van der Waals surface area contributed by atoms with Gasteiger partial charge in [0.2, 0.25) is 0 Å². The molecule has 1 aliphatic rings. The van der Waals surface area contributed by atoms with Crippen LogP contribution in [0.1, 0.15) is 12.8 Å². The van der Waals surface area contributed by atoms with Crippen LogP contribution in [0.15, 0.2) is 18.2 Å². The summed E-state index contributed by atoms with van der Waals surface area (Å²) < 4.78 is 5.14. The minimum absolute atomic E-state index is 0.410.